The van der Waals surface area contributed by atoms with Gasteiger partial charge in [0.25, 0.3) is 4.66 Å². The molecule has 1 fully saturated rings. The summed E-state index contributed by atoms with van der Waals surface area (Å²) in [6.45, 7) is -0.410. The van der Waals surface area contributed by atoms with Gasteiger partial charge in [0, 0.05) is 42.3 Å². The summed E-state index contributed by atoms with van der Waals surface area (Å²) in [5.74, 6) is 0.0660. The summed E-state index contributed by atoms with van der Waals surface area (Å²) in [6, 6.07) is 4.11. The van der Waals surface area contributed by atoms with E-state index >= 15 is 0 Å². The lowest BCUT2D eigenvalue weighted by atomic mass is 9.85. The molecule has 190 valence electrons. The van der Waals surface area contributed by atoms with Crippen LogP contribution in [0.4, 0.5) is 13.2 Å². The quantitative estimate of drug-likeness (QED) is 0.298. The first kappa shape index (κ1) is 24.1. The molecule has 4 N–H and O–H groups in total. The highest BCUT2D eigenvalue weighted by Gasteiger charge is 2.54. The maximum absolute atomic E-state index is 13.7. The molecule has 0 spiro atoms. The van der Waals surface area contributed by atoms with Gasteiger partial charge in [-0.25, -0.2) is 4.98 Å². The fraction of sp³-hybridized carbons (Fsp3) is 0.435. The molecule has 0 radical (unpaired) electrons. The monoisotopic (exact) mass is 504 g/mol. The minimum atomic E-state index is -4.87. The van der Waals surface area contributed by atoms with E-state index in [2.05, 4.69) is 25.4 Å². The summed E-state index contributed by atoms with van der Waals surface area (Å²) in [4.78, 5) is 36.1. The van der Waals surface area contributed by atoms with Gasteiger partial charge in [-0.15, -0.1) is 0 Å². The van der Waals surface area contributed by atoms with Crippen molar-refractivity contribution in [1.82, 2.24) is 30.0 Å². The van der Waals surface area contributed by atoms with Crippen molar-refractivity contribution in [2.45, 2.75) is 43.5 Å². The van der Waals surface area contributed by atoms with Gasteiger partial charge in [0.05, 0.1) is 16.3 Å². The molecule has 10 nitrogen and oxygen atoms in total. The Labute approximate surface area is 201 Å². The van der Waals surface area contributed by atoms with E-state index < -0.39 is 23.9 Å². The van der Waals surface area contributed by atoms with E-state index in [1.807, 2.05) is 0 Å². The van der Waals surface area contributed by atoms with Gasteiger partial charge < -0.3 is 15.4 Å². The third-order valence-electron chi connectivity index (χ3n) is 7.01. The van der Waals surface area contributed by atoms with E-state index in [0.29, 0.717) is 52.3 Å². The zero-order chi connectivity index (χ0) is 25.5. The van der Waals surface area contributed by atoms with Gasteiger partial charge in [0.15, 0.2) is 5.60 Å². The number of aromatic amines is 2. The number of alkyl halides is 3. The Balaban J connectivity index is 1.30. The maximum Gasteiger partial charge on any atom is 0.422 e. The third-order valence-corrected chi connectivity index (χ3v) is 7.01. The minimum absolute atomic E-state index is 0.0660. The Morgan fingerprint density at radius 2 is 1.94 bits per heavy atom. The fourth-order valence-electron chi connectivity index (χ4n) is 5.05. The van der Waals surface area contributed by atoms with E-state index in [0.717, 1.165) is 6.20 Å². The Hall–Kier alpha value is -3.58. The van der Waals surface area contributed by atoms with Crippen molar-refractivity contribution in [2.75, 3.05) is 13.1 Å². The second-order valence-electron chi connectivity index (χ2n) is 9.22. The fourth-order valence-corrected chi connectivity index (χ4v) is 5.05. The number of hydrogen-bond acceptors (Lipinski definition) is 6. The van der Waals surface area contributed by atoms with Gasteiger partial charge in [0.1, 0.15) is 11.2 Å². The standard InChI is InChI=1S/C23H24F3N7O3/c24-23(25,26)22(35,15-2-1-8-27-11-15)13-28-10-14-3-5-16(6-4-14)32-19-17-7-9-29-20(17)30-12-18(19)21(34)31-33(32)36/h1-2,7-9,11-12,14,16,28,35H,3-6,10,13H2,(H-,29,30,31,34,36)/p+1. The van der Waals surface area contributed by atoms with Crippen LogP contribution in [0.5, 0.6) is 0 Å². The van der Waals surface area contributed by atoms with E-state index in [4.69, 9.17) is 0 Å². The number of fused-ring (bicyclic) bond motifs is 3. The topological polar surface area (TPSA) is 135 Å². The van der Waals surface area contributed by atoms with Gasteiger partial charge in [0.2, 0.25) is 0 Å². The van der Waals surface area contributed by atoms with E-state index in [1.54, 1.807) is 12.3 Å². The summed E-state index contributed by atoms with van der Waals surface area (Å²) in [5, 5.41) is 16.5. The highest BCUT2D eigenvalue weighted by molar-refractivity contribution is 6.01. The number of rotatable bonds is 6. The number of nitrogens with one attached hydrogen (secondary N) is 3. The van der Waals surface area contributed by atoms with Crippen LogP contribution in [0, 0.1) is 10.8 Å². The van der Waals surface area contributed by atoms with Gasteiger partial charge in [-0.3, -0.25) is 9.78 Å². The molecular formula is C23H25F3N7O3+. The minimum Gasteiger partial charge on any atom is -0.375 e. The van der Waals surface area contributed by atoms with E-state index in [9.17, 15) is 28.0 Å². The predicted octanol–water partition coefficient (Wildman–Crippen LogP) is 2.29. The number of halogens is 3. The first-order valence-electron chi connectivity index (χ1n) is 11.6. The number of nitrogens with zero attached hydrogens (tertiary/aromatic N) is 4. The molecule has 0 saturated heterocycles. The molecule has 5 rings (SSSR count). The number of aromatic nitrogens is 6. The van der Waals surface area contributed by atoms with Gasteiger partial charge in [-0.2, -0.15) is 13.2 Å². The molecule has 1 aliphatic carbocycles. The Bertz CT molecular complexity index is 1490. The molecular weight excluding hydrogens is 479 g/mol. The molecule has 1 aliphatic rings. The highest BCUT2D eigenvalue weighted by atomic mass is 19.4. The highest BCUT2D eigenvalue weighted by Crippen LogP contribution is 2.38. The van der Waals surface area contributed by atoms with E-state index in [-0.39, 0.29) is 24.1 Å². The van der Waals surface area contributed by atoms with Crippen molar-refractivity contribution in [3.05, 3.63) is 63.8 Å². The molecule has 0 amide bonds. The summed E-state index contributed by atoms with van der Waals surface area (Å²) < 4.78 is 43.1. The molecule has 36 heavy (non-hydrogen) atoms. The number of aliphatic hydroxyl groups is 1. The molecule has 13 heteroatoms. The Morgan fingerprint density at radius 3 is 2.64 bits per heavy atom. The smallest absolute Gasteiger partial charge is 0.375 e. The van der Waals surface area contributed by atoms with Crippen LogP contribution in [-0.2, 0) is 5.60 Å². The van der Waals surface area contributed by atoms with Crippen molar-refractivity contribution in [2.24, 2.45) is 5.92 Å². The predicted molar refractivity (Wildman–Crippen MR) is 124 cm³/mol. The lowest BCUT2D eigenvalue weighted by Gasteiger charge is -2.32. The average Bonchev–Trinajstić information content (AvgIpc) is 3.34. The van der Waals surface area contributed by atoms with Crippen LogP contribution in [0.2, 0.25) is 0 Å². The van der Waals surface area contributed by atoms with Crippen molar-refractivity contribution >= 4 is 21.9 Å². The van der Waals surface area contributed by atoms with Crippen LogP contribution in [0.25, 0.3) is 21.9 Å². The third kappa shape index (κ3) is 4.17. The van der Waals surface area contributed by atoms with Crippen molar-refractivity contribution in [3.8, 4) is 0 Å². The molecule has 0 aliphatic heterocycles. The lowest BCUT2D eigenvalue weighted by molar-refractivity contribution is -0.661. The van der Waals surface area contributed by atoms with Crippen LogP contribution in [0.15, 0.2) is 47.8 Å². The molecule has 4 heterocycles. The summed E-state index contributed by atoms with van der Waals surface area (Å²) >= 11 is 0. The SMILES string of the molecule is O=c1[nH][n+](=O)n(C2CCC(CNCC(O)(c3cccnc3)C(F)(F)F)CC2)c2c1cnc1[nH]ccc12. The summed E-state index contributed by atoms with van der Waals surface area (Å²) in [5.41, 5.74) is -2.84. The first-order valence-corrected chi connectivity index (χ1v) is 11.6. The Kier molecular flexibility index (Phi) is 6.12. The maximum atomic E-state index is 13.7. The van der Waals surface area contributed by atoms with Crippen LogP contribution >= 0.6 is 0 Å². The zero-order valence-corrected chi connectivity index (χ0v) is 19.1. The van der Waals surface area contributed by atoms with Crippen LogP contribution < -0.4 is 15.5 Å². The van der Waals surface area contributed by atoms with Crippen molar-refractivity contribution in [3.63, 3.8) is 0 Å². The van der Waals surface area contributed by atoms with Crippen molar-refractivity contribution in [1.29, 1.82) is 0 Å². The molecule has 1 saturated carbocycles. The van der Waals surface area contributed by atoms with E-state index in [1.165, 1.54) is 29.2 Å². The van der Waals surface area contributed by atoms with Crippen LogP contribution in [0.3, 0.4) is 0 Å². The first-order chi connectivity index (χ1) is 17.2. The van der Waals surface area contributed by atoms with Crippen LogP contribution in [-0.4, -0.2) is 49.1 Å². The molecule has 1 unspecified atom stereocenters. The normalized spacial score (nSPS) is 20.6. The van der Waals surface area contributed by atoms with Gasteiger partial charge in [-0.05, 0) is 55.4 Å². The number of H-pyrrole nitrogens is 2. The average molecular weight is 504 g/mol. The Morgan fingerprint density at radius 1 is 1.17 bits per heavy atom. The van der Waals surface area contributed by atoms with Gasteiger partial charge in [-0.1, -0.05) is 10.7 Å². The summed E-state index contributed by atoms with van der Waals surface area (Å²) in [6.07, 6.45) is 3.12. The largest absolute Gasteiger partial charge is 0.422 e. The molecule has 4 aromatic heterocycles. The number of hydrogen-bond donors (Lipinski definition) is 4. The zero-order valence-electron chi connectivity index (χ0n) is 19.1. The molecule has 0 bridgehead atoms. The molecule has 1 atom stereocenters. The second kappa shape index (κ2) is 9.13. The number of pyridine rings is 2. The van der Waals surface area contributed by atoms with Crippen molar-refractivity contribution < 1.29 is 22.9 Å². The van der Waals surface area contributed by atoms with Crippen LogP contribution in [0.1, 0.15) is 37.3 Å². The molecule has 0 aromatic carbocycles. The second-order valence-corrected chi connectivity index (χ2v) is 9.22. The lowest BCUT2D eigenvalue weighted by Crippen LogP contribution is -2.50. The molecule has 4 aromatic rings. The summed E-state index contributed by atoms with van der Waals surface area (Å²) in [7, 11) is 0. The van der Waals surface area contributed by atoms with Gasteiger partial charge >= 0.3 is 11.7 Å².